The number of carbonyl (C=O) groups is 1. The summed E-state index contributed by atoms with van der Waals surface area (Å²) >= 11 is 0. The van der Waals surface area contributed by atoms with Crippen molar-refractivity contribution < 1.29 is 4.79 Å². The van der Waals surface area contributed by atoms with Crippen molar-refractivity contribution >= 4 is 16.6 Å². The van der Waals surface area contributed by atoms with Gasteiger partial charge in [0.2, 0.25) is 0 Å². The molecule has 1 aliphatic rings. The summed E-state index contributed by atoms with van der Waals surface area (Å²) in [5, 5.41) is 5.54. The third-order valence-corrected chi connectivity index (χ3v) is 3.95. The van der Waals surface area contributed by atoms with E-state index in [0.717, 1.165) is 49.1 Å². The van der Waals surface area contributed by atoms with Gasteiger partial charge in [0.25, 0.3) is 0 Å². The zero-order valence-corrected chi connectivity index (χ0v) is 11.6. The summed E-state index contributed by atoms with van der Waals surface area (Å²) in [6, 6.07) is 14.1. The van der Waals surface area contributed by atoms with E-state index in [-0.39, 0.29) is 5.78 Å². The average molecular weight is 268 g/mol. The van der Waals surface area contributed by atoms with Crippen molar-refractivity contribution in [3.8, 4) is 0 Å². The van der Waals surface area contributed by atoms with Crippen LogP contribution in [0.1, 0.15) is 16.8 Å². The molecule has 0 saturated carbocycles. The summed E-state index contributed by atoms with van der Waals surface area (Å²) in [5.41, 5.74) is 0.859. The standard InChI is InChI=1S/C17H20N2O/c20-17(8-11-19-12-9-18-10-13-19)16-7-3-5-14-4-1-2-6-15(14)16/h1-7,18H,8-13H2. The van der Waals surface area contributed by atoms with Crippen LogP contribution < -0.4 is 5.32 Å². The number of hydrogen-bond donors (Lipinski definition) is 1. The van der Waals surface area contributed by atoms with Crippen molar-refractivity contribution in [3.63, 3.8) is 0 Å². The lowest BCUT2D eigenvalue weighted by atomic mass is 10.00. The zero-order chi connectivity index (χ0) is 13.8. The van der Waals surface area contributed by atoms with E-state index in [2.05, 4.69) is 22.3 Å². The van der Waals surface area contributed by atoms with Gasteiger partial charge in [0, 0.05) is 44.7 Å². The average Bonchev–Trinajstić information content (AvgIpc) is 2.53. The Labute approximate surface area is 119 Å². The summed E-state index contributed by atoms with van der Waals surface area (Å²) in [6.45, 7) is 5.01. The van der Waals surface area contributed by atoms with E-state index in [0.29, 0.717) is 6.42 Å². The molecular weight excluding hydrogens is 248 g/mol. The monoisotopic (exact) mass is 268 g/mol. The van der Waals surface area contributed by atoms with Crippen LogP contribution in [0.15, 0.2) is 42.5 Å². The lowest BCUT2D eigenvalue weighted by molar-refractivity contribution is 0.0962. The SMILES string of the molecule is O=C(CCN1CCNCC1)c1cccc2ccccc12. The molecule has 0 radical (unpaired) electrons. The van der Waals surface area contributed by atoms with Gasteiger partial charge < -0.3 is 10.2 Å². The lowest BCUT2D eigenvalue weighted by Crippen LogP contribution is -2.44. The first-order valence-corrected chi connectivity index (χ1v) is 7.28. The van der Waals surface area contributed by atoms with Gasteiger partial charge in [-0.3, -0.25) is 4.79 Å². The topological polar surface area (TPSA) is 32.3 Å². The number of Topliss-reactive ketones (excluding diaryl/α,β-unsaturated/α-hetero) is 1. The zero-order valence-electron chi connectivity index (χ0n) is 11.6. The quantitative estimate of drug-likeness (QED) is 0.864. The van der Waals surface area contributed by atoms with E-state index >= 15 is 0 Å². The number of carbonyl (C=O) groups excluding carboxylic acids is 1. The van der Waals surface area contributed by atoms with Crippen molar-refractivity contribution in [1.82, 2.24) is 10.2 Å². The highest BCUT2D eigenvalue weighted by atomic mass is 16.1. The van der Waals surface area contributed by atoms with E-state index in [1.54, 1.807) is 0 Å². The van der Waals surface area contributed by atoms with E-state index in [4.69, 9.17) is 0 Å². The molecule has 0 amide bonds. The smallest absolute Gasteiger partial charge is 0.164 e. The Kier molecular flexibility index (Phi) is 4.09. The number of piperazine rings is 1. The number of rotatable bonds is 4. The molecule has 3 nitrogen and oxygen atoms in total. The predicted molar refractivity (Wildman–Crippen MR) is 82.2 cm³/mol. The van der Waals surface area contributed by atoms with Crippen LogP contribution >= 0.6 is 0 Å². The van der Waals surface area contributed by atoms with Gasteiger partial charge in [-0.1, -0.05) is 42.5 Å². The van der Waals surface area contributed by atoms with Gasteiger partial charge in [-0.25, -0.2) is 0 Å². The summed E-state index contributed by atoms with van der Waals surface area (Å²) in [6.07, 6.45) is 0.605. The van der Waals surface area contributed by atoms with Gasteiger partial charge in [0.1, 0.15) is 0 Å². The van der Waals surface area contributed by atoms with Crippen LogP contribution in [-0.4, -0.2) is 43.4 Å². The Balaban J connectivity index is 1.72. The van der Waals surface area contributed by atoms with Crippen molar-refractivity contribution in [3.05, 3.63) is 48.0 Å². The normalized spacial score (nSPS) is 16.4. The fraction of sp³-hybridized carbons (Fsp3) is 0.353. The largest absolute Gasteiger partial charge is 0.314 e. The van der Waals surface area contributed by atoms with Crippen molar-refractivity contribution in [2.24, 2.45) is 0 Å². The van der Waals surface area contributed by atoms with Gasteiger partial charge in [-0.2, -0.15) is 0 Å². The highest BCUT2D eigenvalue weighted by Crippen LogP contribution is 2.19. The molecule has 3 heteroatoms. The van der Waals surface area contributed by atoms with Crippen LogP contribution in [-0.2, 0) is 0 Å². The van der Waals surface area contributed by atoms with Gasteiger partial charge in [0.05, 0.1) is 0 Å². The highest BCUT2D eigenvalue weighted by Gasteiger charge is 2.13. The van der Waals surface area contributed by atoms with E-state index in [1.165, 1.54) is 0 Å². The number of ketones is 1. The molecule has 1 saturated heterocycles. The Morgan fingerprint density at radius 1 is 1.05 bits per heavy atom. The third-order valence-electron chi connectivity index (χ3n) is 3.95. The molecule has 0 bridgehead atoms. The van der Waals surface area contributed by atoms with Crippen LogP contribution in [0.3, 0.4) is 0 Å². The van der Waals surface area contributed by atoms with Crippen molar-refractivity contribution in [1.29, 1.82) is 0 Å². The molecule has 0 aliphatic carbocycles. The Morgan fingerprint density at radius 3 is 2.65 bits per heavy atom. The molecule has 1 heterocycles. The molecule has 0 aromatic heterocycles. The van der Waals surface area contributed by atoms with Crippen LogP contribution in [0.5, 0.6) is 0 Å². The second-order valence-corrected chi connectivity index (χ2v) is 5.29. The molecule has 0 unspecified atom stereocenters. The van der Waals surface area contributed by atoms with Crippen molar-refractivity contribution in [2.75, 3.05) is 32.7 Å². The van der Waals surface area contributed by atoms with Gasteiger partial charge >= 0.3 is 0 Å². The fourth-order valence-electron chi connectivity index (χ4n) is 2.80. The number of nitrogens with zero attached hydrogens (tertiary/aromatic N) is 1. The second-order valence-electron chi connectivity index (χ2n) is 5.29. The van der Waals surface area contributed by atoms with E-state index in [1.807, 2.05) is 30.3 Å². The van der Waals surface area contributed by atoms with Crippen molar-refractivity contribution in [2.45, 2.75) is 6.42 Å². The summed E-state index contributed by atoms with van der Waals surface area (Å²) < 4.78 is 0. The van der Waals surface area contributed by atoms with Gasteiger partial charge in [-0.15, -0.1) is 0 Å². The molecule has 1 N–H and O–H groups in total. The molecule has 2 aromatic carbocycles. The van der Waals surface area contributed by atoms with E-state index < -0.39 is 0 Å². The molecule has 1 fully saturated rings. The second kappa shape index (κ2) is 6.16. The molecule has 2 aromatic rings. The van der Waals surface area contributed by atoms with E-state index in [9.17, 15) is 4.79 Å². The first-order valence-electron chi connectivity index (χ1n) is 7.28. The Morgan fingerprint density at radius 2 is 1.80 bits per heavy atom. The minimum atomic E-state index is 0.250. The third kappa shape index (κ3) is 2.89. The van der Waals surface area contributed by atoms with Crippen LogP contribution in [0, 0.1) is 0 Å². The van der Waals surface area contributed by atoms with Crippen LogP contribution in [0.25, 0.3) is 10.8 Å². The first kappa shape index (κ1) is 13.3. The minimum absolute atomic E-state index is 0.250. The molecule has 20 heavy (non-hydrogen) atoms. The first-order chi connectivity index (χ1) is 9.84. The summed E-state index contributed by atoms with van der Waals surface area (Å²) in [5.74, 6) is 0.250. The molecule has 0 spiro atoms. The molecule has 1 aliphatic heterocycles. The van der Waals surface area contributed by atoms with Crippen LogP contribution in [0.4, 0.5) is 0 Å². The molecular formula is C17H20N2O. The number of benzene rings is 2. The predicted octanol–water partition coefficient (Wildman–Crippen LogP) is 2.32. The number of nitrogens with one attached hydrogen (secondary N) is 1. The Hall–Kier alpha value is -1.71. The van der Waals surface area contributed by atoms with Gasteiger partial charge in [-0.05, 0) is 10.8 Å². The maximum absolute atomic E-state index is 12.5. The fourth-order valence-corrected chi connectivity index (χ4v) is 2.80. The maximum Gasteiger partial charge on any atom is 0.164 e. The number of hydrogen-bond acceptors (Lipinski definition) is 3. The van der Waals surface area contributed by atoms with Crippen LogP contribution in [0.2, 0.25) is 0 Å². The molecule has 104 valence electrons. The highest BCUT2D eigenvalue weighted by molar-refractivity contribution is 6.08. The summed E-state index contributed by atoms with van der Waals surface area (Å²) in [4.78, 5) is 14.8. The lowest BCUT2D eigenvalue weighted by Gasteiger charge is -2.26. The number of fused-ring (bicyclic) bond motifs is 1. The van der Waals surface area contributed by atoms with Gasteiger partial charge in [0.15, 0.2) is 5.78 Å². The maximum atomic E-state index is 12.5. The summed E-state index contributed by atoms with van der Waals surface area (Å²) in [7, 11) is 0. The molecule has 0 atom stereocenters. The molecule has 3 rings (SSSR count). The Bertz CT molecular complexity index is 597. The minimum Gasteiger partial charge on any atom is -0.314 e.